The topological polar surface area (TPSA) is 68.4 Å². The molecule has 0 atom stereocenters. The summed E-state index contributed by atoms with van der Waals surface area (Å²) >= 11 is 0. The van der Waals surface area contributed by atoms with Crippen LogP contribution in [0.3, 0.4) is 0 Å². The standard InChI is InChI=1S/C6H16O4Si.H2O/c1-5-6-10-11(7-2,8-3)9-4;/h5-6H2,1-4H3;1H2. The second-order valence-corrected chi connectivity index (χ2v) is 4.47. The van der Waals surface area contributed by atoms with Crippen molar-refractivity contribution >= 4 is 9.05 Å². The highest BCUT2D eigenvalue weighted by molar-refractivity contribution is 6.53. The van der Waals surface area contributed by atoms with Crippen LogP contribution < -0.4 is 0 Å². The maximum atomic E-state index is 5.30. The van der Waals surface area contributed by atoms with Crippen molar-refractivity contribution in [2.75, 3.05) is 27.9 Å². The zero-order valence-corrected chi connectivity index (χ0v) is 9.05. The molecule has 0 amide bonds. The van der Waals surface area contributed by atoms with Crippen molar-refractivity contribution in [3.05, 3.63) is 0 Å². The van der Waals surface area contributed by atoms with Crippen LogP contribution in [0.2, 0.25) is 0 Å². The van der Waals surface area contributed by atoms with E-state index in [0.29, 0.717) is 6.61 Å². The molecule has 2 N–H and O–H groups in total. The summed E-state index contributed by atoms with van der Waals surface area (Å²) in [5.41, 5.74) is 0. The van der Waals surface area contributed by atoms with Gasteiger partial charge in [-0.05, 0) is 6.42 Å². The van der Waals surface area contributed by atoms with Gasteiger partial charge in [-0.1, -0.05) is 6.92 Å². The fourth-order valence-corrected chi connectivity index (χ4v) is 1.96. The first-order valence-electron chi connectivity index (χ1n) is 3.54. The highest BCUT2D eigenvalue weighted by Gasteiger charge is 2.41. The molecule has 0 aliphatic rings. The molecule has 0 aromatic rings. The van der Waals surface area contributed by atoms with E-state index in [1.54, 1.807) is 0 Å². The summed E-state index contributed by atoms with van der Waals surface area (Å²) in [5, 5.41) is 0. The van der Waals surface area contributed by atoms with Crippen LogP contribution >= 0.6 is 0 Å². The van der Waals surface area contributed by atoms with Gasteiger partial charge in [0, 0.05) is 27.9 Å². The van der Waals surface area contributed by atoms with Crippen LogP contribution in [0.25, 0.3) is 0 Å². The summed E-state index contributed by atoms with van der Waals surface area (Å²) < 4.78 is 20.3. The third-order valence-corrected chi connectivity index (χ3v) is 3.29. The second kappa shape index (κ2) is 7.65. The molecule has 6 heteroatoms. The van der Waals surface area contributed by atoms with Crippen molar-refractivity contribution in [3.8, 4) is 0 Å². The zero-order valence-electron chi connectivity index (χ0n) is 8.05. The fraction of sp³-hybridized carbons (Fsp3) is 1.00. The molecule has 0 aromatic heterocycles. The van der Waals surface area contributed by atoms with E-state index in [2.05, 4.69) is 0 Å². The van der Waals surface area contributed by atoms with Crippen molar-refractivity contribution in [2.24, 2.45) is 0 Å². The third-order valence-electron chi connectivity index (χ3n) is 1.23. The van der Waals surface area contributed by atoms with Gasteiger partial charge in [0.1, 0.15) is 0 Å². The Morgan fingerprint density at radius 1 is 1.00 bits per heavy atom. The molecule has 0 fully saturated rings. The Balaban J connectivity index is 0. The predicted molar refractivity (Wildman–Crippen MR) is 46.6 cm³/mol. The Hall–Kier alpha value is 0.0169. The minimum atomic E-state index is -2.74. The Kier molecular flexibility index (Phi) is 9.27. The van der Waals surface area contributed by atoms with Gasteiger partial charge in [0.15, 0.2) is 0 Å². The lowest BCUT2D eigenvalue weighted by atomic mass is 10.5. The normalized spacial score (nSPS) is 11.0. The summed E-state index contributed by atoms with van der Waals surface area (Å²) in [6.07, 6.45) is 0.921. The van der Waals surface area contributed by atoms with E-state index in [0.717, 1.165) is 6.42 Å². The van der Waals surface area contributed by atoms with Crippen LogP contribution in [0.15, 0.2) is 0 Å². The Labute approximate surface area is 74.4 Å². The predicted octanol–water partition coefficient (Wildman–Crippen LogP) is -0.0369. The molecule has 0 aliphatic carbocycles. The smallest absolute Gasteiger partial charge is 0.412 e. The largest absolute Gasteiger partial charge is 0.678 e. The maximum absolute atomic E-state index is 5.30. The SMILES string of the molecule is CCCO[Si](OC)(OC)OC.O. The van der Waals surface area contributed by atoms with Gasteiger partial charge in [-0.15, -0.1) is 0 Å². The quantitative estimate of drug-likeness (QED) is 0.562. The molecule has 0 aromatic carbocycles. The van der Waals surface area contributed by atoms with Crippen molar-refractivity contribution < 1.29 is 23.2 Å². The zero-order chi connectivity index (χ0) is 8.74. The van der Waals surface area contributed by atoms with Crippen LogP contribution in [0.5, 0.6) is 0 Å². The molecule has 0 heterocycles. The third kappa shape index (κ3) is 4.15. The summed E-state index contributed by atoms with van der Waals surface area (Å²) in [6.45, 7) is 2.61. The molecule has 0 spiro atoms. The van der Waals surface area contributed by atoms with Gasteiger partial charge in [-0.25, -0.2) is 0 Å². The lowest BCUT2D eigenvalue weighted by Crippen LogP contribution is -2.46. The van der Waals surface area contributed by atoms with Crippen LogP contribution in [-0.4, -0.2) is 42.5 Å². The van der Waals surface area contributed by atoms with Gasteiger partial charge in [-0.3, -0.25) is 0 Å². The summed E-state index contributed by atoms with van der Waals surface area (Å²) in [5.74, 6) is 0. The van der Waals surface area contributed by atoms with E-state index in [9.17, 15) is 0 Å². The van der Waals surface area contributed by atoms with Gasteiger partial charge in [0.2, 0.25) is 0 Å². The molecule has 0 saturated heterocycles. The average Bonchev–Trinajstić information content (AvgIpc) is 2.08. The highest BCUT2D eigenvalue weighted by Crippen LogP contribution is 2.07. The summed E-state index contributed by atoms with van der Waals surface area (Å²) in [7, 11) is 1.83. The van der Waals surface area contributed by atoms with Gasteiger partial charge in [0.05, 0.1) is 0 Å². The molecular formula is C6H18O5Si. The van der Waals surface area contributed by atoms with Crippen molar-refractivity contribution in [3.63, 3.8) is 0 Å². The molecule has 0 unspecified atom stereocenters. The van der Waals surface area contributed by atoms with Crippen molar-refractivity contribution in [1.82, 2.24) is 0 Å². The molecular weight excluding hydrogens is 180 g/mol. The van der Waals surface area contributed by atoms with E-state index < -0.39 is 9.05 Å². The minimum absolute atomic E-state index is 0. The molecule has 0 bridgehead atoms. The summed E-state index contributed by atoms with van der Waals surface area (Å²) in [6, 6.07) is 0. The first kappa shape index (κ1) is 14.5. The number of rotatable bonds is 6. The fourth-order valence-electron chi connectivity index (χ4n) is 0.654. The molecule has 12 heavy (non-hydrogen) atoms. The number of hydrogen-bond donors (Lipinski definition) is 0. The van der Waals surface area contributed by atoms with E-state index in [-0.39, 0.29) is 5.48 Å². The van der Waals surface area contributed by atoms with Crippen LogP contribution in [0.1, 0.15) is 13.3 Å². The van der Waals surface area contributed by atoms with E-state index in [4.69, 9.17) is 17.7 Å². The van der Waals surface area contributed by atoms with Crippen LogP contribution in [0, 0.1) is 0 Å². The molecule has 0 rings (SSSR count). The Morgan fingerprint density at radius 2 is 1.42 bits per heavy atom. The Bertz CT molecular complexity index is 87.7. The maximum Gasteiger partial charge on any atom is 0.678 e. The molecule has 76 valence electrons. The van der Waals surface area contributed by atoms with E-state index >= 15 is 0 Å². The monoisotopic (exact) mass is 198 g/mol. The summed E-state index contributed by atoms with van der Waals surface area (Å²) in [4.78, 5) is 0. The Morgan fingerprint density at radius 3 is 1.67 bits per heavy atom. The van der Waals surface area contributed by atoms with Crippen molar-refractivity contribution in [1.29, 1.82) is 0 Å². The van der Waals surface area contributed by atoms with E-state index in [1.807, 2.05) is 6.92 Å². The molecule has 0 aliphatic heterocycles. The lowest BCUT2D eigenvalue weighted by molar-refractivity contribution is 0.00610. The first-order chi connectivity index (χ1) is 5.24. The van der Waals surface area contributed by atoms with Crippen LogP contribution in [0.4, 0.5) is 0 Å². The van der Waals surface area contributed by atoms with E-state index in [1.165, 1.54) is 21.3 Å². The molecule has 0 radical (unpaired) electrons. The van der Waals surface area contributed by atoms with Gasteiger partial charge in [0.25, 0.3) is 0 Å². The lowest BCUT2D eigenvalue weighted by Gasteiger charge is -2.22. The van der Waals surface area contributed by atoms with Gasteiger partial charge < -0.3 is 23.2 Å². The highest BCUT2D eigenvalue weighted by atomic mass is 28.4. The van der Waals surface area contributed by atoms with Crippen molar-refractivity contribution in [2.45, 2.75) is 13.3 Å². The number of hydrogen-bond acceptors (Lipinski definition) is 4. The van der Waals surface area contributed by atoms with Gasteiger partial charge in [-0.2, -0.15) is 0 Å². The van der Waals surface area contributed by atoms with Crippen LogP contribution in [-0.2, 0) is 17.7 Å². The van der Waals surface area contributed by atoms with Gasteiger partial charge >= 0.3 is 9.05 Å². The minimum Gasteiger partial charge on any atom is -0.412 e. The second-order valence-electron chi connectivity index (χ2n) is 1.96. The molecule has 5 nitrogen and oxygen atoms in total. The molecule has 0 saturated carbocycles. The first-order valence-corrected chi connectivity index (χ1v) is 5.17. The average molecular weight is 198 g/mol.